The summed E-state index contributed by atoms with van der Waals surface area (Å²) in [6.45, 7) is 8.80. The average molecular weight is 280 g/mol. The van der Waals surface area contributed by atoms with Crippen LogP contribution in [-0.4, -0.2) is 49.7 Å². The highest BCUT2D eigenvalue weighted by atomic mass is 16.5. The fraction of sp³-hybridized carbons (Fsp3) is 0.812. The lowest BCUT2D eigenvalue weighted by molar-refractivity contribution is -0.125. The number of amides is 1. The Labute approximate surface area is 122 Å². The molecule has 1 fully saturated rings. The molecule has 2 atom stereocenters. The van der Waals surface area contributed by atoms with Gasteiger partial charge in [-0.25, -0.2) is 0 Å². The van der Waals surface area contributed by atoms with Crippen molar-refractivity contribution in [3.05, 3.63) is 12.2 Å². The van der Waals surface area contributed by atoms with Crippen LogP contribution in [0.15, 0.2) is 12.2 Å². The average Bonchev–Trinajstić information content (AvgIpc) is 2.49. The van der Waals surface area contributed by atoms with Crippen LogP contribution in [0.1, 0.15) is 33.1 Å². The predicted octanol–water partition coefficient (Wildman–Crippen LogP) is 1.82. The molecule has 1 N–H and O–H groups in total. The molecule has 1 heterocycles. The molecule has 1 aliphatic carbocycles. The normalized spacial score (nSPS) is 25.6. The SMILES string of the molecule is CC(C)C(CNC(=O)C1CC=CCC1)N1CCOCC1. The number of nitrogens with zero attached hydrogens (tertiary/aromatic N) is 1. The fourth-order valence-corrected chi connectivity index (χ4v) is 3.08. The fourth-order valence-electron chi connectivity index (χ4n) is 3.08. The quantitative estimate of drug-likeness (QED) is 0.781. The van der Waals surface area contributed by atoms with Crippen LogP contribution in [0.5, 0.6) is 0 Å². The van der Waals surface area contributed by atoms with E-state index >= 15 is 0 Å². The molecule has 2 unspecified atom stereocenters. The third-order valence-electron chi connectivity index (χ3n) is 4.41. The molecule has 20 heavy (non-hydrogen) atoms. The first-order chi connectivity index (χ1) is 9.68. The van der Waals surface area contributed by atoms with Crippen LogP contribution in [-0.2, 0) is 9.53 Å². The van der Waals surface area contributed by atoms with Crippen LogP contribution >= 0.6 is 0 Å². The number of ether oxygens (including phenoxy) is 1. The Morgan fingerprint density at radius 3 is 2.70 bits per heavy atom. The zero-order chi connectivity index (χ0) is 14.4. The molecule has 0 saturated carbocycles. The Bertz CT molecular complexity index is 335. The molecule has 1 amide bonds. The minimum Gasteiger partial charge on any atom is -0.379 e. The van der Waals surface area contributed by atoms with Crippen LogP contribution < -0.4 is 5.32 Å². The van der Waals surface area contributed by atoms with Gasteiger partial charge in [0.15, 0.2) is 0 Å². The lowest BCUT2D eigenvalue weighted by Crippen LogP contribution is -2.51. The number of carbonyl (C=O) groups is 1. The van der Waals surface area contributed by atoms with E-state index in [0.717, 1.165) is 52.1 Å². The molecular formula is C16H28N2O2. The molecule has 0 spiro atoms. The van der Waals surface area contributed by atoms with Crippen LogP contribution in [0.25, 0.3) is 0 Å². The first kappa shape index (κ1) is 15.5. The van der Waals surface area contributed by atoms with Gasteiger partial charge in [-0.1, -0.05) is 26.0 Å². The summed E-state index contributed by atoms with van der Waals surface area (Å²) in [5, 5.41) is 3.18. The number of allylic oxidation sites excluding steroid dienone is 2. The molecule has 4 heteroatoms. The Kier molecular flexibility index (Phi) is 6.05. The van der Waals surface area contributed by atoms with Crippen molar-refractivity contribution in [2.45, 2.75) is 39.2 Å². The predicted molar refractivity (Wildman–Crippen MR) is 80.5 cm³/mol. The highest BCUT2D eigenvalue weighted by molar-refractivity contribution is 5.79. The lowest BCUT2D eigenvalue weighted by Gasteiger charge is -2.37. The van der Waals surface area contributed by atoms with Crippen molar-refractivity contribution in [2.24, 2.45) is 11.8 Å². The van der Waals surface area contributed by atoms with Gasteiger partial charge in [0, 0.05) is 31.6 Å². The monoisotopic (exact) mass is 280 g/mol. The molecule has 2 rings (SSSR count). The van der Waals surface area contributed by atoms with Crippen LogP contribution in [0.4, 0.5) is 0 Å². The minimum absolute atomic E-state index is 0.178. The second-order valence-electron chi connectivity index (χ2n) is 6.19. The van der Waals surface area contributed by atoms with Gasteiger partial charge in [-0.3, -0.25) is 9.69 Å². The van der Waals surface area contributed by atoms with E-state index in [1.165, 1.54) is 0 Å². The summed E-state index contributed by atoms with van der Waals surface area (Å²) >= 11 is 0. The zero-order valence-electron chi connectivity index (χ0n) is 12.8. The van der Waals surface area contributed by atoms with E-state index in [-0.39, 0.29) is 11.8 Å². The first-order valence-corrected chi connectivity index (χ1v) is 7.93. The molecule has 0 aromatic heterocycles. The van der Waals surface area contributed by atoms with Gasteiger partial charge < -0.3 is 10.1 Å². The summed E-state index contributed by atoms with van der Waals surface area (Å²) in [5.41, 5.74) is 0. The number of rotatable bonds is 5. The topological polar surface area (TPSA) is 41.6 Å². The molecule has 0 aromatic carbocycles. The number of morpholine rings is 1. The van der Waals surface area contributed by atoms with E-state index in [1.807, 2.05) is 0 Å². The van der Waals surface area contributed by atoms with E-state index < -0.39 is 0 Å². The van der Waals surface area contributed by atoms with Gasteiger partial charge >= 0.3 is 0 Å². The number of hydrogen-bond acceptors (Lipinski definition) is 3. The van der Waals surface area contributed by atoms with Crippen LogP contribution in [0, 0.1) is 11.8 Å². The van der Waals surface area contributed by atoms with Crippen molar-refractivity contribution >= 4 is 5.91 Å². The Hall–Kier alpha value is -0.870. The maximum absolute atomic E-state index is 12.2. The van der Waals surface area contributed by atoms with E-state index in [9.17, 15) is 4.79 Å². The van der Waals surface area contributed by atoms with Gasteiger partial charge in [0.25, 0.3) is 0 Å². The maximum Gasteiger partial charge on any atom is 0.223 e. The maximum atomic E-state index is 12.2. The van der Waals surface area contributed by atoms with E-state index in [1.54, 1.807) is 0 Å². The first-order valence-electron chi connectivity index (χ1n) is 7.93. The van der Waals surface area contributed by atoms with Crippen molar-refractivity contribution in [1.29, 1.82) is 0 Å². The van der Waals surface area contributed by atoms with Gasteiger partial charge in [-0.05, 0) is 25.2 Å². The van der Waals surface area contributed by atoms with Gasteiger partial charge in [-0.15, -0.1) is 0 Å². The van der Waals surface area contributed by atoms with E-state index in [0.29, 0.717) is 12.0 Å². The molecular weight excluding hydrogens is 252 g/mol. The Balaban J connectivity index is 1.81. The smallest absolute Gasteiger partial charge is 0.223 e. The van der Waals surface area contributed by atoms with Gasteiger partial charge in [-0.2, -0.15) is 0 Å². The highest BCUT2D eigenvalue weighted by Gasteiger charge is 2.25. The second kappa shape index (κ2) is 7.79. The Morgan fingerprint density at radius 2 is 2.10 bits per heavy atom. The summed E-state index contributed by atoms with van der Waals surface area (Å²) < 4.78 is 5.41. The molecule has 1 aliphatic heterocycles. The van der Waals surface area contributed by atoms with Gasteiger partial charge in [0.1, 0.15) is 0 Å². The molecule has 1 saturated heterocycles. The van der Waals surface area contributed by atoms with Crippen LogP contribution in [0.3, 0.4) is 0 Å². The summed E-state index contributed by atoms with van der Waals surface area (Å²) in [6, 6.07) is 0.419. The third kappa shape index (κ3) is 4.32. The Morgan fingerprint density at radius 1 is 1.35 bits per heavy atom. The zero-order valence-corrected chi connectivity index (χ0v) is 12.8. The minimum atomic E-state index is 0.178. The number of nitrogens with one attached hydrogen (secondary N) is 1. The molecule has 0 bridgehead atoms. The number of hydrogen-bond donors (Lipinski definition) is 1. The molecule has 0 radical (unpaired) electrons. The number of carbonyl (C=O) groups excluding carboxylic acids is 1. The highest BCUT2D eigenvalue weighted by Crippen LogP contribution is 2.18. The van der Waals surface area contributed by atoms with Crippen molar-refractivity contribution in [3.8, 4) is 0 Å². The molecule has 114 valence electrons. The summed E-state index contributed by atoms with van der Waals surface area (Å²) in [6.07, 6.45) is 7.24. The van der Waals surface area contributed by atoms with Crippen molar-refractivity contribution < 1.29 is 9.53 Å². The van der Waals surface area contributed by atoms with E-state index in [4.69, 9.17) is 4.74 Å². The van der Waals surface area contributed by atoms with Gasteiger partial charge in [0.2, 0.25) is 5.91 Å². The largest absolute Gasteiger partial charge is 0.379 e. The molecule has 0 aromatic rings. The second-order valence-corrected chi connectivity index (χ2v) is 6.19. The van der Waals surface area contributed by atoms with E-state index in [2.05, 4.69) is 36.2 Å². The summed E-state index contributed by atoms with van der Waals surface area (Å²) in [5.74, 6) is 0.949. The molecule has 2 aliphatic rings. The van der Waals surface area contributed by atoms with Crippen molar-refractivity contribution in [3.63, 3.8) is 0 Å². The molecule has 4 nitrogen and oxygen atoms in total. The van der Waals surface area contributed by atoms with Gasteiger partial charge in [0.05, 0.1) is 13.2 Å². The van der Waals surface area contributed by atoms with Crippen LogP contribution in [0.2, 0.25) is 0 Å². The summed E-state index contributed by atoms with van der Waals surface area (Å²) in [7, 11) is 0. The third-order valence-corrected chi connectivity index (χ3v) is 4.41. The van der Waals surface area contributed by atoms with Crippen molar-refractivity contribution in [1.82, 2.24) is 10.2 Å². The lowest BCUT2D eigenvalue weighted by atomic mass is 9.93. The standard InChI is InChI=1S/C16H28N2O2/c1-13(2)15(18-8-10-20-11-9-18)12-17-16(19)14-6-4-3-5-7-14/h3-4,13-15H,5-12H2,1-2H3,(H,17,19). The van der Waals surface area contributed by atoms with Crippen molar-refractivity contribution in [2.75, 3.05) is 32.8 Å². The summed E-state index contributed by atoms with van der Waals surface area (Å²) in [4.78, 5) is 14.7.